The summed E-state index contributed by atoms with van der Waals surface area (Å²) in [4.78, 5) is 22.5. The van der Waals surface area contributed by atoms with Crippen LogP contribution < -0.4 is 15.8 Å². The first kappa shape index (κ1) is 17.8. The number of primary amides is 1. The summed E-state index contributed by atoms with van der Waals surface area (Å²) in [7, 11) is -3.88. The third kappa shape index (κ3) is 4.71. The molecule has 0 unspecified atom stereocenters. The molecule has 126 valence electrons. The molecule has 0 spiro atoms. The maximum Gasteiger partial charge on any atom is 0.261 e. The third-order valence-corrected chi connectivity index (χ3v) is 4.56. The first-order valence-corrected chi connectivity index (χ1v) is 8.59. The van der Waals surface area contributed by atoms with Gasteiger partial charge in [0.25, 0.3) is 15.9 Å². The average molecular weight is 368 g/mol. The summed E-state index contributed by atoms with van der Waals surface area (Å²) in [5, 5.41) is 2.77. The molecule has 9 heteroatoms. The second kappa shape index (κ2) is 7.33. The fraction of sp³-hybridized carbons (Fsp3) is 0.0667. The Morgan fingerprint density at radius 3 is 2.38 bits per heavy atom. The van der Waals surface area contributed by atoms with Crippen LogP contribution in [0.2, 0.25) is 5.02 Å². The average Bonchev–Trinajstić information content (AvgIpc) is 2.54. The number of hydrogen-bond acceptors (Lipinski definition) is 4. The molecule has 0 atom stereocenters. The van der Waals surface area contributed by atoms with Crippen LogP contribution in [0.1, 0.15) is 10.4 Å². The minimum absolute atomic E-state index is 0.0928. The zero-order valence-corrected chi connectivity index (χ0v) is 13.9. The van der Waals surface area contributed by atoms with Crippen LogP contribution in [-0.4, -0.2) is 26.8 Å². The SMILES string of the molecule is NC(=O)CNC(=O)c1cccc(S(=O)(=O)Nc2ccc(Cl)cc2)c1. The number of anilines is 1. The molecule has 0 heterocycles. The van der Waals surface area contributed by atoms with E-state index in [2.05, 4.69) is 10.0 Å². The van der Waals surface area contributed by atoms with Gasteiger partial charge in [-0.1, -0.05) is 17.7 Å². The van der Waals surface area contributed by atoms with Crippen molar-refractivity contribution in [1.82, 2.24) is 5.32 Å². The molecule has 2 aromatic carbocycles. The Kier molecular flexibility index (Phi) is 5.42. The summed E-state index contributed by atoms with van der Waals surface area (Å²) in [5.41, 5.74) is 5.37. The van der Waals surface area contributed by atoms with Crippen LogP contribution in [-0.2, 0) is 14.8 Å². The van der Waals surface area contributed by atoms with Crippen LogP contribution >= 0.6 is 11.6 Å². The van der Waals surface area contributed by atoms with Gasteiger partial charge in [0.1, 0.15) is 0 Å². The van der Waals surface area contributed by atoms with Gasteiger partial charge >= 0.3 is 0 Å². The highest BCUT2D eigenvalue weighted by Crippen LogP contribution is 2.19. The van der Waals surface area contributed by atoms with E-state index in [1.807, 2.05) is 0 Å². The number of nitrogens with one attached hydrogen (secondary N) is 2. The summed E-state index contributed by atoms with van der Waals surface area (Å²) < 4.78 is 27.1. The summed E-state index contributed by atoms with van der Waals surface area (Å²) in [6.07, 6.45) is 0. The molecular formula is C15H14ClN3O4S. The van der Waals surface area contributed by atoms with E-state index < -0.39 is 21.8 Å². The predicted molar refractivity (Wildman–Crippen MR) is 90.2 cm³/mol. The maximum atomic E-state index is 12.4. The van der Waals surface area contributed by atoms with Gasteiger partial charge in [0.15, 0.2) is 0 Å². The molecule has 2 amide bonds. The molecule has 0 aliphatic heterocycles. The van der Waals surface area contributed by atoms with Gasteiger partial charge in [-0.05, 0) is 42.5 Å². The molecule has 0 aliphatic carbocycles. The van der Waals surface area contributed by atoms with Crippen molar-refractivity contribution in [2.24, 2.45) is 5.73 Å². The third-order valence-electron chi connectivity index (χ3n) is 2.93. The lowest BCUT2D eigenvalue weighted by molar-refractivity contribution is -0.117. The van der Waals surface area contributed by atoms with Gasteiger partial charge in [-0.15, -0.1) is 0 Å². The van der Waals surface area contributed by atoms with Crippen LogP contribution in [0.4, 0.5) is 5.69 Å². The second-order valence-electron chi connectivity index (χ2n) is 4.79. The number of halogens is 1. The molecular weight excluding hydrogens is 354 g/mol. The number of rotatable bonds is 6. The molecule has 2 aromatic rings. The van der Waals surface area contributed by atoms with E-state index in [4.69, 9.17) is 17.3 Å². The number of carbonyl (C=O) groups is 2. The van der Waals surface area contributed by atoms with E-state index in [1.165, 1.54) is 36.4 Å². The van der Waals surface area contributed by atoms with Gasteiger partial charge in [0.2, 0.25) is 5.91 Å². The van der Waals surface area contributed by atoms with Crippen LogP contribution in [0.15, 0.2) is 53.4 Å². The van der Waals surface area contributed by atoms with E-state index in [0.29, 0.717) is 10.7 Å². The normalized spacial score (nSPS) is 10.9. The van der Waals surface area contributed by atoms with Gasteiger partial charge < -0.3 is 11.1 Å². The second-order valence-corrected chi connectivity index (χ2v) is 6.91. The molecule has 0 saturated carbocycles. The minimum Gasteiger partial charge on any atom is -0.368 e. The summed E-state index contributed by atoms with van der Waals surface area (Å²) >= 11 is 5.75. The largest absolute Gasteiger partial charge is 0.368 e. The van der Waals surface area contributed by atoms with Crippen molar-refractivity contribution < 1.29 is 18.0 Å². The highest BCUT2D eigenvalue weighted by molar-refractivity contribution is 7.92. The molecule has 0 saturated heterocycles. The Morgan fingerprint density at radius 2 is 1.75 bits per heavy atom. The first-order chi connectivity index (χ1) is 11.3. The summed E-state index contributed by atoms with van der Waals surface area (Å²) in [6, 6.07) is 11.5. The van der Waals surface area contributed by atoms with Crippen molar-refractivity contribution in [3.8, 4) is 0 Å². The Bertz CT molecular complexity index is 867. The predicted octanol–water partition coefficient (Wildman–Crippen LogP) is 1.36. The van der Waals surface area contributed by atoms with Gasteiger partial charge in [-0.3, -0.25) is 14.3 Å². The number of sulfonamides is 1. The van der Waals surface area contributed by atoms with Crippen molar-refractivity contribution >= 4 is 39.1 Å². The minimum atomic E-state index is -3.88. The summed E-state index contributed by atoms with van der Waals surface area (Å²) in [6.45, 7) is -0.334. The fourth-order valence-corrected chi connectivity index (χ4v) is 3.04. The Balaban J connectivity index is 2.21. The zero-order valence-electron chi connectivity index (χ0n) is 12.3. The molecule has 7 nitrogen and oxygen atoms in total. The van der Waals surface area contributed by atoms with E-state index >= 15 is 0 Å². The topological polar surface area (TPSA) is 118 Å². The van der Waals surface area contributed by atoms with Crippen molar-refractivity contribution in [2.75, 3.05) is 11.3 Å². The highest BCUT2D eigenvalue weighted by atomic mass is 35.5. The Hall–Kier alpha value is -2.58. The lowest BCUT2D eigenvalue weighted by Gasteiger charge is -2.09. The summed E-state index contributed by atoms with van der Waals surface area (Å²) in [5.74, 6) is -1.30. The lowest BCUT2D eigenvalue weighted by atomic mass is 10.2. The monoisotopic (exact) mass is 367 g/mol. The fourth-order valence-electron chi connectivity index (χ4n) is 1.81. The number of nitrogens with two attached hydrogens (primary N) is 1. The van der Waals surface area contributed by atoms with Gasteiger partial charge in [0.05, 0.1) is 11.4 Å². The van der Waals surface area contributed by atoms with Crippen LogP contribution in [0.25, 0.3) is 0 Å². The lowest BCUT2D eigenvalue weighted by Crippen LogP contribution is -2.33. The van der Waals surface area contributed by atoms with Crippen molar-refractivity contribution in [1.29, 1.82) is 0 Å². The van der Waals surface area contributed by atoms with Crippen LogP contribution in [0, 0.1) is 0 Å². The number of amides is 2. The molecule has 0 fully saturated rings. The Labute approximate surface area is 143 Å². The first-order valence-electron chi connectivity index (χ1n) is 6.73. The Morgan fingerprint density at radius 1 is 1.08 bits per heavy atom. The molecule has 2 rings (SSSR count). The number of benzene rings is 2. The zero-order chi connectivity index (χ0) is 17.7. The maximum absolute atomic E-state index is 12.4. The van der Waals surface area contributed by atoms with Gasteiger partial charge in [-0.25, -0.2) is 8.42 Å². The number of hydrogen-bond donors (Lipinski definition) is 3. The molecule has 4 N–H and O–H groups in total. The quantitative estimate of drug-likeness (QED) is 0.714. The van der Waals surface area contributed by atoms with E-state index in [0.717, 1.165) is 0 Å². The van der Waals surface area contributed by atoms with E-state index in [-0.39, 0.29) is 17.0 Å². The van der Waals surface area contributed by atoms with Gasteiger partial charge in [-0.2, -0.15) is 0 Å². The van der Waals surface area contributed by atoms with Crippen molar-refractivity contribution in [2.45, 2.75) is 4.90 Å². The van der Waals surface area contributed by atoms with Crippen LogP contribution in [0.5, 0.6) is 0 Å². The molecule has 0 aromatic heterocycles. The van der Waals surface area contributed by atoms with E-state index in [1.54, 1.807) is 12.1 Å². The van der Waals surface area contributed by atoms with E-state index in [9.17, 15) is 18.0 Å². The number of carbonyl (C=O) groups excluding carboxylic acids is 2. The highest BCUT2D eigenvalue weighted by Gasteiger charge is 2.16. The molecule has 24 heavy (non-hydrogen) atoms. The van der Waals surface area contributed by atoms with Crippen molar-refractivity contribution in [3.05, 3.63) is 59.1 Å². The molecule has 0 aliphatic rings. The van der Waals surface area contributed by atoms with Crippen LogP contribution in [0.3, 0.4) is 0 Å². The standard InChI is InChI=1S/C15H14ClN3O4S/c16-11-4-6-12(7-5-11)19-24(22,23)13-3-1-2-10(8-13)15(21)18-9-14(17)20/h1-8,19H,9H2,(H2,17,20)(H,18,21). The van der Waals surface area contributed by atoms with Gasteiger partial charge in [0, 0.05) is 16.3 Å². The van der Waals surface area contributed by atoms with Crippen molar-refractivity contribution in [3.63, 3.8) is 0 Å². The smallest absolute Gasteiger partial charge is 0.261 e. The molecule has 0 radical (unpaired) electrons. The molecule has 0 bridgehead atoms.